The molecule has 388 valence electrons. The zero-order valence-corrected chi connectivity index (χ0v) is 41.9. The molecular formula is C53H56F6N6O6S2. The van der Waals surface area contributed by atoms with E-state index in [9.17, 15) is 48.0 Å². The number of aryl methyl sites for hydroxylation is 4. The summed E-state index contributed by atoms with van der Waals surface area (Å²) in [4.78, 5) is 16.2. The lowest BCUT2D eigenvalue weighted by Gasteiger charge is -2.28. The van der Waals surface area contributed by atoms with Crippen LogP contribution in [-0.4, -0.2) is 54.7 Å². The maximum atomic E-state index is 12.8. The molecule has 5 N–H and O–H groups in total. The van der Waals surface area contributed by atoms with E-state index in [1.807, 2.05) is 72.8 Å². The van der Waals surface area contributed by atoms with Crippen LogP contribution in [0.15, 0.2) is 143 Å². The Hall–Kier alpha value is -6.61. The first-order valence-corrected chi connectivity index (χ1v) is 26.4. The van der Waals surface area contributed by atoms with Crippen molar-refractivity contribution in [2.45, 2.75) is 87.0 Å². The number of halogens is 6. The van der Waals surface area contributed by atoms with Crippen LogP contribution in [0, 0.1) is 0 Å². The fourth-order valence-corrected chi connectivity index (χ4v) is 10.7. The Labute approximate surface area is 421 Å². The van der Waals surface area contributed by atoms with Crippen LogP contribution in [0.25, 0.3) is 0 Å². The van der Waals surface area contributed by atoms with E-state index in [2.05, 4.69) is 36.7 Å². The Morgan fingerprint density at radius 3 is 1.37 bits per heavy atom. The summed E-state index contributed by atoms with van der Waals surface area (Å²) in [6.07, 6.45) is -5.34. The molecule has 0 fully saturated rings. The second-order valence-electron chi connectivity index (χ2n) is 18.5. The third-order valence-corrected chi connectivity index (χ3v) is 15.0. The van der Waals surface area contributed by atoms with Crippen LogP contribution in [-0.2, 0) is 62.8 Å². The van der Waals surface area contributed by atoms with Crippen LogP contribution in [0.3, 0.4) is 0 Å². The molecule has 0 atom stereocenters. The van der Waals surface area contributed by atoms with Gasteiger partial charge in [-0.3, -0.25) is 5.32 Å². The summed E-state index contributed by atoms with van der Waals surface area (Å²) < 4.78 is 137. The monoisotopic (exact) mass is 1050 g/mol. The molecule has 0 unspecified atom stereocenters. The molecule has 73 heavy (non-hydrogen) atoms. The van der Waals surface area contributed by atoms with Crippen molar-refractivity contribution in [1.82, 2.24) is 9.44 Å². The number of ether oxygens (including phenoxy) is 1. The van der Waals surface area contributed by atoms with E-state index < -0.39 is 55.2 Å². The van der Waals surface area contributed by atoms with Gasteiger partial charge in [-0.2, -0.15) is 26.3 Å². The zero-order chi connectivity index (χ0) is 52.8. The molecule has 0 spiro atoms. The van der Waals surface area contributed by atoms with Gasteiger partial charge in [0, 0.05) is 60.3 Å². The highest BCUT2D eigenvalue weighted by Gasteiger charge is 2.32. The Morgan fingerprint density at radius 1 is 0.548 bits per heavy atom. The summed E-state index contributed by atoms with van der Waals surface area (Å²) in [5.41, 5.74) is 13.4. The smallest absolute Gasteiger partial charge is 0.416 e. The molecule has 0 aliphatic carbocycles. The molecule has 0 radical (unpaired) electrons. The minimum Gasteiger partial charge on any atom is -0.444 e. The number of benzene rings is 6. The van der Waals surface area contributed by atoms with Crippen LogP contribution in [0.5, 0.6) is 0 Å². The lowest BCUT2D eigenvalue weighted by atomic mass is 10.0. The minimum atomic E-state index is -4.54. The summed E-state index contributed by atoms with van der Waals surface area (Å²) in [5, 5.41) is 2.78. The van der Waals surface area contributed by atoms with Crippen molar-refractivity contribution < 1.29 is 52.7 Å². The molecule has 2 aliphatic heterocycles. The van der Waals surface area contributed by atoms with Gasteiger partial charge in [-0.25, -0.2) is 31.1 Å². The maximum Gasteiger partial charge on any atom is 0.416 e. The average molecular weight is 1050 g/mol. The molecule has 0 saturated carbocycles. The largest absolute Gasteiger partial charge is 0.444 e. The highest BCUT2D eigenvalue weighted by atomic mass is 32.2. The third-order valence-electron chi connectivity index (χ3n) is 12.0. The predicted molar refractivity (Wildman–Crippen MR) is 271 cm³/mol. The van der Waals surface area contributed by atoms with Gasteiger partial charge in [0.1, 0.15) is 5.60 Å². The van der Waals surface area contributed by atoms with Crippen LogP contribution in [0.2, 0.25) is 0 Å². The van der Waals surface area contributed by atoms with Crippen LogP contribution in [0.1, 0.15) is 67.0 Å². The molecule has 0 aromatic heterocycles. The topological polar surface area (TPSA) is 163 Å². The van der Waals surface area contributed by atoms with Gasteiger partial charge < -0.3 is 20.3 Å². The predicted octanol–water partition coefficient (Wildman–Crippen LogP) is 11.6. The molecule has 6 aromatic rings. The van der Waals surface area contributed by atoms with E-state index in [-0.39, 0.29) is 22.9 Å². The number of fused-ring (bicyclic) bond motifs is 4. The van der Waals surface area contributed by atoms with Crippen molar-refractivity contribution in [2.24, 2.45) is 0 Å². The lowest BCUT2D eigenvalue weighted by molar-refractivity contribution is -0.138. The van der Waals surface area contributed by atoms with Crippen LogP contribution >= 0.6 is 0 Å². The second-order valence-corrected chi connectivity index (χ2v) is 22.0. The summed E-state index contributed by atoms with van der Waals surface area (Å²) in [5.74, 6) is 0. The Morgan fingerprint density at radius 2 is 0.945 bits per heavy atom. The molecule has 2 heterocycles. The van der Waals surface area contributed by atoms with Crippen molar-refractivity contribution in [1.29, 1.82) is 0 Å². The number of nitrogen functional groups attached to an aromatic ring is 1. The Balaban J connectivity index is 0.000000218. The Bertz CT molecular complexity index is 3130. The van der Waals surface area contributed by atoms with Gasteiger partial charge >= 0.3 is 18.4 Å². The fraction of sp³-hybridized carbons (Fsp3) is 0.302. The fourth-order valence-electron chi connectivity index (χ4n) is 8.52. The van der Waals surface area contributed by atoms with Crippen LogP contribution in [0.4, 0.5) is 65.3 Å². The van der Waals surface area contributed by atoms with Gasteiger partial charge in [0.15, 0.2) is 0 Å². The highest BCUT2D eigenvalue weighted by molar-refractivity contribution is 7.89. The van der Waals surface area contributed by atoms with Crippen LogP contribution < -0.4 is 30.3 Å². The molecule has 1 amide bonds. The number of amides is 1. The van der Waals surface area contributed by atoms with Crippen molar-refractivity contribution in [2.75, 3.05) is 47.0 Å². The quantitative estimate of drug-likeness (QED) is 0.0501. The maximum absolute atomic E-state index is 12.8. The van der Waals surface area contributed by atoms with E-state index >= 15 is 0 Å². The van der Waals surface area contributed by atoms with E-state index in [1.165, 1.54) is 11.1 Å². The molecule has 0 bridgehead atoms. The van der Waals surface area contributed by atoms with E-state index in [1.54, 1.807) is 20.8 Å². The van der Waals surface area contributed by atoms with Gasteiger partial charge in [0.25, 0.3) is 0 Å². The van der Waals surface area contributed by atoms with Crippen molar-refractivity contribution in [3.63, 3.8) is 0 Å². The number of nitrogens with zero attached hydrogens (tertiary/aromatic N) is 2. The Kier molecular flexibility index (Phi) is 16.5. The van der Waals surface area contributed by atoms with Gasteiger partial charge in [-0.05, 0) is 166 Å². The molecule has 20 heteroatoms. The number of carbonyl (C=O) groups is 1. The normalized spacial score (nSPS) is 13.8. The van der Waals surface area contributed by atoms with E-state index in [0.717, 1.165) is 108 Å². The highest BCUT2D eigenvalue weighted by Crippen LogP contribution is 2.39. The van der Waals surface area contributed by atoms with Gasteiger partial charge in [0.2, 0.25) is 20.0 Å². The first-order chi connectivity index (χ1) is 34.4. The number of nitrogens with two attached hydrogens (primary N) is 1. The van der Waals surface area contributed by atoms with Gasteiger partial charge in [0.05, 0.1) is 20.9 Å². The summed E-state index contributed by atoms with van der Waals surface area (Å²) in [6, 6.07) is 34.5. The number of alkyl halides is 6. The number of hydrogen-bond donors (Lipinski definition) is 4. The van der Waals surface area contributed by atoms with Gasteiger partial charge in [-0.15, -0.1) is 0 Å². The number of para-hydroxylation sites is 2. The SMILES string of the molecule is CC(C)(C)OC(=O)Nc1ccc2c(c1)N(CCCNS(=O)(=O)c1ccc(C(F)(F)F)cc1)c1ccccc1CC2.Nc1ccc2c(c1)N(CCCNS(=O)(=O)c1ccc(C(F)(F)F)cc1)c1ccccc1CC2. The number of nitrogens with one attached hydrogen (secondary N) is 3. The number of rotatable bonds is 13. The molecule has 6 aromatic carbocycles. The zero-order valence-electron chi connectivity index (χ0n) is 40.3. The standard InChI is InChI=1S/C29H32F3N3O4S.C24H24F3N3O2S/c1-28(2,3)39-27(36)34-23-14-11-21-10-9-20-7-4-5-8-25(20)35(26(21)19-23)18-6-17-33-40(37,38)24-15-12-22(13-16-24)29(30,31)32;25-24(26,27)19-9-12-21(13-10-19)33(31,32)29-14-3-15-30-22-5-2-1-4-17(22)6-7-18-8-11-20(28)16-23(18)30/h4-5,7-8,11-16,19,33H,6,9-10,17-18H2,1-3H3,(H,34,36);1-2,4-5,8-13,16,29H,3,6-7,14-15,28H2. The second kappa shape index (κ2) is 22.2. The van der Waals surface area contributed by atoms with Crippen molar-refractivity contribution in [3.8, 4) is 0 Å². The molecule has 12 nitrogen and oxygen atoms in total. The van der Waals surface area contributed by atoms with Gasteiger partial charge in [-0.1, -0.05) is 48.5 Å². The molecular weight excluding hydrogens is 995 g/mol. The molecule has 0 saturated heterocycles. The van der Waals surface area contributed by atoms with E-state index in [4.69, 9.17) is 10.5 Å². The average Bonchev–Trinajstić information content (AvgIpc) is 3.58. The number of sulfonamides is 2. The summed E-state index contributed by atoms with van der Waals surface area (Å²) in [6.45, 7) is 6.57. The van der Waals surface area contributed by atoms with Crippen molar-refractivity contribution in [3.05, 3.63) is 167 Å². The first kappa shape index (κ1) is 54.2. The summed E-state index contributed by atoms with van der Waals surface area (Å²) in [7, 11) is -7.90. The first-order valence-electron chi connectivity index (χ1n) is 23.4. The third kappa shape index (κ3) is 14.1. The number of anilines is 6. The van der Waals surface area contributed by atoms with E-state index in [0.29, 0.717) is 37.3 Å². The molecule has 2 aliphatic rings. The number of carbonyl (C=O) groups excluding carboxylic acids is 1. The minimum absolute atomic E-state index is 0.0766. The van der Waals surface area contributed by atoms with Crippen molar-refractivity contribution >= 4 is 60.3 Å². The number of hydrogen-bond acceptors (Lipinski definition) is 9. The lowest BCUT2D eigenvalue weighted by Crippen LogP contribution is -2.29. The molecule has 8 rings (SSSR count). The summed E-state index contributed by atoms with van der Waals surface area (Å²) >= 11 is 0.